The third-order valence-corrected chi connectivity index (χ3v) is 5.48. The molecule has 1 atom stereocenters. The first-order valence-corrected chi connectivity index (χ1v) is 6.93. The van der Waals surface area contributed by atoms with Crippen LogP contribution in [0.4, 0.5) is 0 Å². The summed E-state index contributed by atoms with van der Waals surface area (Å²) < 4.78 is 12.0. The van der Waals surface area contributed by atoms with E-state index in [1.807, 2.05) is 6.92 Å². The van der Waals surface area contributed by atoms with Gasteiger partial charge in [0.1, 0.15) is 0 Å². The summed E-state index contributed by atoms with van der Waals surface area (Å²) in [6.07, 6.45) is 3.83. The second-order valence-corrected chi connectivity index (χ2v) is 5.49. The summed E-state index contributed by atoms with van der Waals surface area (Å²) in [6, 6.07) is 0. The van der Waals surface area contributed by atoms with Crippen LogP contribution in [-0.4, -0.2) is 29.2 Å². The quantitative estimate of drug-likeness (QED) is 0.444. The number of carbonyl (C=O) groups is 1. The van der Waals surface area contributed by atoms with Crippen molar-refractivity contribution in [1.29, 1.82) is 0 Å². The number of carbonyl (C=O) groups excluding carboxylic acids is 1. The lowest BCUT2D eigenvalue weighted by Crippen LogP contribution is -2.59. The Kier molecular flexibility index (Phi) is 3.01. The van der Waals surface area contributed by atoms with Crippen LogP contribution in [0.5, 0.6) is 0 Å². The van der Waals surface area contributed by atoms with Crippen LogP contribution in [-0.2, 0) is 14.3 Å². The minimum atomic E-state index is -0.359. The zero-order chi connectivity index (χ0) is 11.1. The average molecular weight is 324 g/mol. The SMILES string of the molecule is COC(=O)C12CCC(CI)(CC1)OC2C. The van der Waals surface area contributed by atoms with Gasteiger partial charge in [0.2, 0.25) is 0 Å². The Morgan fingerprint density at radius 2 is 2.07 bits per heavy atom. The van der Waals surface area contributed by atoms with Crippen LogP contribution in [0.25, 0.3) is 0 Å². The molecule has 4 heteroatoms. The topological polar surface area (TPSA) is 35.5 Å². The molecule has 15 heavy (non-hydrogen) atoms. The molecule has 2 saturated heterocycles. The molecular weight excluding hydrogens is 307 g/mol. The number of fused-ring (bicyclic) bond motifs is 3. The van der Waals surface area contributed by atoms with Crippen molar-refractivity contribution in [2.24, 2.45) is 5.41 Å². The number of rotatable bonds is 2. The van der Waals surface area contributed by atoms with E-state index in [4.69, 9.17) is 9.47 Å². The fraction of sp³-hybridized carbons (Fsp3) is 0.909. The van der Waals surface area contributed by atoms with Gasteiger partial charge in [-0.15, -0.1) is 0 Å². The van der Waals surface area contributed by atoms with Crippen LogP contribution >= 0.6 is 22.6 Å². The van der Waals surface area contributed by atoms with E-state index in [1.54, 1.807) is 0 Å². The summed E-state index contributed by atoms with van der Waals surface area (Å²) in [5, 5.41) is 0. The van der Waals surface area contributed by atoms with Gasteiger partial charge in [-0.3, -0.25) is 4.79 Å². The highest BCUT2D eigenvalue weighted by atomic mass is 127. The molecule has 0 spiro atoms. The van der Waals surface area contributed by atoms with Crippen molar-refractivity contribution >= 4 is 28.6 Å². The second kappa shape index (κ2) is 3.87. The lowest BCUT2D eigenvalue weighted by Gasteiger charge is -2.54. The largest absolute Gasteiger partial charge is 0.469 e. The predicted molar refractivity (Wildman–Crippen MR) is 65.1 cm³/mol. The molecule has 3 fully saturated rings. The summed E-state index contributed by atoms with van der Waals surface area (Å²) in [6.45, 7) is 2.01. The van der Waals surface area contributed by atoms with Gasteiger partial charge < -0.3 is 9.47 Å². The molecule has 1 aliphatic carbocycles. The molecule has 1 saturated carbocycles. The Morgan fingerprint density at radius 1 is 1.47 bits per heavy atom. The molecule has 0 amide bonds. The predicted octanol–water partition coefficient (Wildman–Crippen LogP) is 2.31. The molecule has 2 bridgehead atoms. The van der Waals surface area contributed by atoms with Crippen molar-refractivity contribution in [1.82, 2.24) is 0 Å². The zero-order valence-electron chi connectivity index (χ0n) is 9.22. The van der Waals surface area contributed by atoms with Crippen molar-refractivity contribution in [2.75, 3.05) is 11.5 Å². The zero-order valence-corrected chi connectivity index (χ0v) is 11.4. The van der Waals surface area contributed by atoms with Gasteiger partial charge in [0, 0.05) is 4.43 Å². The van der Waals surface area contributed by atoms with Gasteiger partial charge in [-0.1, -0.05) is 22.6 Å². The van der Waals surface area contributed by atoms with E-state index in [0.29, 0.717) is 0 Å². The number of ether oxygens (including phenoxy) is 2. The van der Waals surface area contributed by atoms with Crippen molar-refractivity contribution in [3.63, 3.8) is 0 Å². The number of hydrogen-bond donors (Lipinski definition) is 0. The van der Waals surface area contributed by atoms with E-state index in [1.165, 1.54) is 7.11 Å². The molecule has 3 aliphatic rings. The van der Waals surface area contributed by atoms with Crippen LogP contribution in [0.2, 0.25) is 0 Å². The summed E-state index contributed by atoms with van der Waals surface area (Å²) in [4.78, 5) is 11.8. The molecule has 0 aromatic heterocycles. The summed E-state index contributed by atoms with van der Waals surface area (Å²) in [7, 11) is 1.47. The highest BCUT2D eigenvalue weighted by Gasteiger charge is 2.57. The minimum absolute atomic E-state index is 0.00205. The van der Waals surface area contributed by atoms with E-state index in [-0.39, 0.29) is 23.1 Å². The molecule has 0 N–H and O–H groups in total. The van der Waals surface area contributed by atoms with Crippen molar-refractivity contribution in [2.45, 2.75) is 44.3 Å². The van der Waals surface area contributed by atoms with Gasteiger partial charge >= 0.3 is 5.97 Å². The fourth-order valence-electron chi connectivity index (χ4n) is 2.90. The number of methoxy groups -OCH3 is 1. The van der Waals surface area contributed by atoms with E-state index in [0.717, 1.165) is 30.1 Å². The smallest absolute Gasteiger partial charge is 0.314 e. The van der Waals surface area contributed by atoms with Gasteiger partial charge in [-0.2, -0.15) is 0 Å². The van der Waals surface area contributed by atoms with E-state index in [9.17, 15) is 4.79 Å². The molecule has 0 radical (unpaired) electrons. The Bertz CT molecular complexity index is 269. The maximum absolute atomic E-state index is 11.8. The molecule has 86 valence electrons. The second-order valence-electron chi connectivity index (χ2n) is 4.72. The highest BCUT2D eigenvalue weighted by Crippen LogP contribution is 2.53. The number of halogens is 1. The Balaban J connectivity index is 2.23. The standard InChI is InChI=1S/C11H17IO3/c1-8-11(9(13)14-2)5-3-10(7-12,15-8)4-6-11/h8H,3-7H2,1-2H3. The van der Waals surface area contributed by atoms with Gasteiger partial charge in [-0.05, 0) is 32.6 Å². The van der Waals surface area contributed by atoms with Gasteiger partial charge in [0.25, 0.3) is 0 Å². The van der Waals surface area contributed by atoms with E-state index < -0.39 is 0 Å². The molecule has 3 rings (SSSR count). The average Bonchev–Trinajstić information content (AvgIpc) is 2.29. The van der Waals surface area contributed by atoms with Crippen molar-refractivity contribution < 1.29 is 14.3 Å². The first-order chi connectivity index (χ1) is 7.08. The molecule has 0 aromatic carbocycles. The molecule has 3 nitrogen and oxygen atoms in total. The van der Waals surface area contributed by atoms with Crippen LogP contribution in [0.3, 0.4) is 0 Å². The molecule has 2 aliphatic heterocycles. The van der Waals surface area contributed by atoms with Crippen LogP contribution in [0, 0.1) is 5.41 Å². The third-order valence-electron chi connectivity index (χ3n) is 4.09. The van der Waals surface area contributed by atoms with Crippen molar-refractivity contribution in [3.05, 3.63) is 0 Å². The molecule has 2 heterocycles. The normalized spacial score (nSPS) is 44.1. The van der Waals surface area contributed by atoms with E-state index >= 15 is 0 Å². The third kappa shape index (κ3) is 1.60. The Labute approximate surface area is 104 Å². The molecule has 1 unspecified atom stereocenters. The summed E-state index contributed by atoms with van der Waals surface area (Å²) in [5.74, 6) is -0.0863. The van der Waals surface area contributed by atoms with Crippen LogP contribution in [0.15, 0.2) is 0 Å². The maximum Gasteiger partial charge on any atom is 0.314 e. The lowest BCUT2D eigenvalue weighted by atomic mass is 9.63. The Morgan fingerprint density at radius 3 is 2.47 bits per heavy atom. The van der Waals surface area contributed by atoms with Crippen LogP contribution in [0.1, 0.15) is 32.6 Å². The summed E-state index contributed by atoms with van der Waals surface area (Å²) >= 11 is 2.38. The number of alkyl halides is 1. The monoisotopic (exact) mass is 324 g/mol. The highest BCUT2D eigenvalue weighted by molar-refractivity contribution is 14.1. The fourth-order valence-corrected chi connectivity index (χ4v) is 3.84. The maximum atomic E-state index is 11.8. The number of esters is 1. The van der Waals surface area contributed by atoms with Gasteiger partial charge in [-0.25, -0.2) is 0 Å². The molecule has 0 aromatic rings. The first kappa shape index (κ1) is 11.6. The van der Waals surface area contributed by atoms with Gasteiger partial charge in [0.05, 0.1) is 24.2 Å². The first-order valence-electron chi connectivity index (χ1n) is 5.41. The Hall–Kier alpha value is 0.160. The summed E-state index contributed by atoms with van der Waals surface area (Å²) in [5.41, 5.74) is -0.321. The van der Waals surface area contributed by atoms with Gasteiger partial charge in [0.15, 0.2) is 0 Å². The van der Waals surface area contributed by atoms with E-state index in [2.05, 4.69) is 22.6 Å². The minimum Gasteiger partial charge on any atom is -0.469 e. The van der Waals surface area contributed by atoms with Crippen LogP contribution < -0.4 is 0 Å². The number of hydrogen-bond acceptors (Lipinski definition) is 3. The molecular formula is C11H17IO3. The lowest BCUT2D eigenvalue weighted by molar-refractivity contribution is -0.225. The van der Waals surface area contributed by atoms with Crippen molar-refractivity contribution in [3.8, 4) is 0 Å².